The number of benzene rings is 1. The molecular formula is C11H10ClNO2. The highest BCUT2D eigenvalue weighted by molar-refractivity contribution is 6.29. The Balaban J connectivity index is 2.40. The van der Waals surface area contributed by atoms with Crippen LogP contribution < -0.4 is 0 Å². The second-order valence-corrected chi connectivity index (χ2v) is 3.63. The third kappa shape index (κ3) is 1.83. The number of carbonyl (C=O) groups is 1. The maximum atomic E-state index is 11.2. The van der Waals surface area contributed by atoms with Crippen molar-refractivity contribution in [1.29, 1.82) is 0 Å². The van der Waals surface area contributed by atoms with Crippen molar-refractivity contribution in [2.24, 2.45) is 0 Å². The van der Waals surface area contributed by atoms with Crippen molar-refractivity contribution in [2.45, 2.75) is 5.38 Å². The third-order valence-electron chi connectivity index (χ3n) is 2.23. The molecule has 4 heteroatoms. The summed E-state index contributed by atoms with van der Waals surface area (Å²) in [7, 11) is 1.32. The lowest BCUT2D eigenvalue weighted by molar-refractivity contribution is -0.140. The number of hydrogen-bond donors (Lipinski definition) is 1. The second-order valence-electron chi connectivity index (χ2n) is 3.20. The highest BCUT2D eigenvalue weighted by atomic mass is 35.5. The minimum Gasteiger partial charge on any atom is -0.468 e. The van der Waals surface area contributed by atoms with Gasteiger partial charge >= 0.3 is 5.97 Å². The van der Waals surface area contributed by atoms with Crippen molar-refractivity contribution in [3.8, 4) is 0 Å². The monoisotopic (exact) mass is 223 g/mol. The van der Waals surface area contributed by atoms with E-state index in [0.29, 0.717) is 5.69 Å². The zero-order valence-corrected chi connectivity index (χ0v) is 8.91. The minimum atomic E-state index is -0.776. The van der Waals surface area contributed by atoms with Gasteiger partial charge in [-0.3, -0.25) is 4.79 Å². The molecule has 1 atom stereocenters. The fraction of sp³-hybridized carbons (Fsp3) is 0.182. The number of alkyl halides is 1. The molecule has 3 nitrogen and oxygen atoms in total. The zero-order valence-electron chi connectivity index (χ0n) is 8.16. The van der Waals surface area contributed by atoms with E-state index in [1.54, 1.807) is 0 Å². The van der Waals surface area contributed by atoms with Gasteiger partial charge in [-0.2, -0.15) is 0 Å². The van der Waals surface area contributed by atoms with Gasteiger partial charge in [0.15, 0.2) is 5.38 Å². The van der Waals surface area contributed by atoms with E-state index in [1.165, 1.54) is 7.11 Å². The summed E-state index contributed by atoms with van der Waals surface area (Å²) in [6.07, 6.45) is 0. The molecule has 2 rings (SSSR count). The molecular weight excluding hydrogens is 214 g/mol. The summed E-state index contributed by atoms with van der Waals surface area (Å²) < 4.78 is 4.57. The van der Waals surface area contributed by atoms with Gasteiger partial charge in [0.05, 0.1) is 7.11 Å². The van der Waals surface area contributed by atoms with Gasteiger partial charge in [0.1, 0.15) is 0 Å². The van der Waals surface area contributed by atoms with E-state index in [-0.39, 0.29) is 0 Å². The first-order valence-electron chi connectivity index (χ1n) is 4.52. The summed E-state index contributed by atoms with van der Waals surface area (Å²) in [6.45, 7) is 0. The van der Waals surface area contributed by atoms with Crippen molar-refractivity contribution in [3.63, 3.8) is 0 Å². The number of methoxy groups -OCH3 is 1. The van der Waals surface area contributed by atoms with Crippen LogP contribution in [0.15, 0.2) is 30.3 Å². The van der Waals surface area contributed by atoms with Crippen LogP contribution in [0.2, 0.25) is 0 Å². The first kappa shape index (κ1) is 10.1. The van der Waals surface area contributed by atoms with Gasteiger partial charge in [0, 0.05) is 11.2 Å². The molecule has 1 N–H and O–H groups in total. The van der Waals surface area contributed by atoms with Crippen LogP contribution in [-0.4, -0.2) is 18.1 Å². The summed E-state index contributed by atoms with van der Waals surface area (Å²) in [5, 5.41) is 0.254. The number of ether oxygens (including phenoxy) is 1. The van der Waals surface area contributed by atoms with Crippen molar-refractivity contribution >= 4 is 28.5 Å². The lowest BCUT2D eigenvalue weighted by Gasteiger charge is -2.03. The summed E-state index contributed by atoms with van der Waals surface area (Å²) >= 11 is 5.92. The molecule has 2 aromatic rings. The normalized spacial score (nSPS) is 12.7. The molecule has 78 valence electrons. The Bertz CT molecular complexity index is 459. The van der Waals surface area contributed by atoms with Crippen molar-refractivity contribution in [1.82, 2.24) is 4.98 Å². The van der Waals surface area contributed by atoms with Crippen LogP contribution in [0.3, 0.4) is 0 Å². The van der Waals surface area contributed by atoms with E-state index in [1.807, 2.05) is 30.3 Å². The summed E-state index contributed by atoms with van der Waals surface area (Å²) in [5.41, 5.74) is 1.62. The van der Waals surface area contributed by atoms with Gasteiger partial charge in [-0.15, -0.1) is 11.6 Å². The SMILES string of the molecule is COC(=O)C(Cl)c1cc2ccccc2[nH]1. The lowest BCUT2D eigenvalue weighted by Crippen LogP contribution is -2.08. The average Bonchev–Trinajstić information content (AvgIpc) is 2.70. The number of para-hydroxylation sites is 1. The molecule has 0 spiro atoms. The van der Waals surface area contributed by atoms with Gasteiger partial charge in [-0.05, 0) is 17.5 Å². The molecule has 1 unspecified atom stereocenters. The smallest absolute Gasteiger partial charge is 0.329 e. The number of aromatic nitrogens is 1. The van der Waals surface area contributed by atoms with Crippen LogP contribution in [0.1, 0.15) is 11.1 Å². The van der Waals surface area contributed by atoms with Crippen LogP contribution in [0.4, 0.5) is 0 Å². The van der Waals surface area contributed by atoms with Crippen molar-refractivity contribution < 1.29 is 9.53 Å². The molecule has 0 aliphatic rings. The number of H-pyrrole nitrogens is 1. The van der Waals surface area contributed by atoms with Gasteiger partial charge < -0.3 is 9.72 Å². The van der Waals surface area contributed by atoms with Crippen LogP contribution in [-0.2, 0) is 9.53 Å². The van der Waals surface area contributed by atoms with Gasteiger partial charge in [-0.25, -0.2) is 0 Å². The van der Waals surface area contributed by atoms with E-state index in [9.17, 15) is 4.79 Å². The Morgan fingerprint density at radius 2 is 2.20 bits per heavy atom. The van der Waals surface area contributed by atoms with Crippen LogP contribution >= 0.6 is 11.6 Å². The molecule has 1 heterocycles. The molecule has 0 radical (unpaired) electrons. The fourth-order valence-electron chi connectivity index (χ4n) is 1.46. The first-order chi connectivity index (χ1) is 7.22. The third-order valence-corrected chi connectivity index (χ3v) is 2.65. The Kier molecular flexibility index (Phi) is 2.64. The molecule has 1 aromatic carbocycles. The van der Waals surface area contributed by atoms with Crippen LogP contribution in [0, 0.1) is 0 Å². The van der Waals surface area contributed by atoms with Crippen molar-refractivity contribution in [3.05, 3.63) is 36.0 Å². The van der Waals surface area contributed by atoms with Crippen molar-refractivity contribution in [2.75, 3.05) is 7.11 Å². The quantitative estimate of drug-likeness (QED) is 0.628. The molecule has 0 fully saturated rings. The van der Waals surface area contributed by atoms with Gasteiger partial charge in [0.25, 0.3) is 0 Å². The number of nitrogens with one attached hydrogen (secondary N) is 1. The molecule has 0 saturated carbocycles. The molecule has 0 saturated heterocycles. The molecule has 0 aliphatic carbocycles. The maximum absolute atomic E-state index is 11.2. The lowest BCUT2D eigenvalue weighted by atomic mass is 10.2. The number of fused-ring (bicyclic) bond motifs is 1. The molecule has 0 amide bonds. The fourth-order valence-corrected chi connectivity index (χ4v) is 1.67. The highest BCUT2D eigenvalue weighted by Crippen LogP contribution is 2.25. The Hall–Kier alpha value is -1.48. The van der Waals surface area contributed by atoms with E-state index in [4.69, 9.17) is 11.6 Å². The van der Waals surface area contributed by atoms with E-state index in [0.717, 1.165) is 10.9 Å². The summed E-state index contributed by atoms with van der Waals surface area (Å²) in [4.78, 5) is 14.3. The average molecular weight is 224 g/mol. The first-order valence-corrected chi connectivity index (χ1v) is 4.95. The van der Waals surface area contributed by atoms with E-state index in [2.05, 4.69) is 9.72 Å². The molecule has 0 bridgehead atoms. The maximum Gasteiger partial charge on any atom is 0.329 e. The minimum absolute atomic E-state index is 0.455. The largest absolute Gasteiger partial charge is 0.468 e. The Morgan fingerprint density at radius 1 is 1.47 bits per heavy atom. The number of halogens is 1. The standard InChI is InChI=1S/C11H10ClNO2/c1-15-11(14)10(12)9-6-7-4-2-3-5-8(7)13-9/h2-6,10,13H,1H3. The molecule has 0 aliphatic heterocycles. The number of rotatable bonds is 2. The number of carbonyl (C=O) groups excluding carboxylic acids is 1. The second kappa shape index (κ2) is 3.95. The summed E-state index contributed by atoms with van der Waals surface area (Å²) in [6, 6.07) is 9.59. The Labute approximate surface area is 92.0 Å². The molecule has 15 heavy (non-hydrogen) atoms. The summed E-state index contributed by atoms with van der Waals surface area (Å²) in [5.74, 6) is -0.455. The predicted octanol–water partition coefficient (Wildman–Crippen LogP) is 2.62. The number of hydrogen-bond acceptors (Lipinski definition) is 2. The van der Waals surface area contributed by atoms with E-state index < -0.39 is 11.3 Å². The number of esters is 1. The van der Waals surface area contributed by atoms with Gasteiger partial charge in [-0.1, -0.05) is 18.2 Å². The molecule has 1 aromatic heterocycles. The number of aromatic amines is 1. The van der Waals surface area contributed by atoms with Gasteiger partial charge in [0.2, 0.25) is 0 Å². The van der Waals surface area contributed by atoms with E-state index >= 15 is 0 Å². The van der Waals surface area contributed by atoms with Crippen LogP contribution in [0.25, 0.3) is 10.9 Å². The topological polar surface area (TPSA) is 42.1 Å². The highest BCUT2D eigenvalue weighted by Gasteiger charge is 2.19. The Morgan fingerprint density at radius 3 is 2.87 bits per heavy atom. The zero-order chi connectivity index (χ0) is 10.8. The predicted molar refractivity (Wildman–Crippen MR) is 58.9 cm³/mol. The van der Waals surface area contributed by atoms with Crippen LogP contribution in [0.5, 0.6) is 0 Å².